The van der Waals surface area contributed by atoms with Crippen molar-refractivity contribution in [2.24, 2.45) is 5.84 Å². The van der Waals surface area contributed by atoms with Gasteiger partial charge in [-0.2, -0.15) is 9.29 Å². The Kier molecular flexibility index (Phi) is 4.84. The van der Waals surface area contributed by atoms with Crippen LogP contribution in [-0.2, 0) is 10.0 Å². The van der Waals surface area contributed by atoms with Crippen molar-refractivity contribution in [3.05, 3.63) is 11.6 Å². The van der Waals surface area contributed by atoms with Crippen molar-refractivity contribution in [2.45, 2.75) is 11.4 Å². The summed E-state index contributed by atoms with van der Waals surface area (Å²) >= 11 is 1.35. The lowest BCUT2D eigenvalue weighted by Crippen LogP contribution is -2.31. The molecule has 0 unspecified atom stereocenters. The van der Waals surface area contributed by atoms with Crippen LogP contribution in [0.2, 0.25) is 0 Å². The molecule has 0 bridgehead atoms. The SMILES string of the molecule is CN(C)CCCN(C)S(=O)(=O)c1c(NN)nc2sccn12. The maximum absolute atomic E-state index is 12.7. The van der Waals surface area contributed by atoms with Crippen LogP contribution >= 0.6 is 11.3 Å². The number of hydrogen-bond donors (Lipinski definition) is 2. The molecule has 0 fully saturated rings. The van der Waals surface area contributed by atoms with Gasteiger partial charge in [0.05, 0.1) is 0 Å². The summed E-state index contributed by atoms with van der Waals surface area (Å²) in [6, 6.07) is 0. The standard InChI is InChI=1S/C11H20N6O2S2/c1-15(2)5-4-6-16(3)21(18,19)10-9(14-12)13-11-17(10)7-8-20-11/h7-8,14H,4-6,12H2,1-3H3. The average molecular weight is 332 g/mol. The minimum Gasteiger partial charge on any atom is -0.309 e. The van der Waals surface area contributed by atoms with E-state index in [0.29, 0.717) is 11.5 Å². The van der Waals surface area contributed by atoms with Crippen LogP contribution < -0.4 is 11.3 Å². The Bertz CT molecular complexity index is 705. The van der Waals surface area contributed by atoms with Crippen molar-refractivity contribution in [3.63, 3.8) is 0 Å². The van der Waals surface area contributed by atoms with Crippen molar-refractivity contribution in [1.82, 2.24) is 18.6 Å². The smallest absolute Gasteiger partial charge is 0.262 e. The van der Waals surface area contributed by atoms with Crippen LogP contribution in [0.3, 0.4) is 0 Å². The molecule has 0 saturated heterocycles. The summed E-state index contributed by atoms with van der Waals surface area (Å²) in [5.41, 5.74) is 2.37. The number of nitrogen functional groups attached to an aromatic ring is 1. The van der Waals surface area contributed by atoms with Crippen molar-refractivity contribution in [1.29, 1.82) is 0 Å². The fourth-order valence-corrected chi connectivity index (χ4v) is 4.16. The molecule has 0 atom stereocenters. The number of hydrogen-bond acceptors (Lipinski definition) is 7. The molecule has 0 aliphatic heterocycles. The molecule has 0 saturated carbocycles. The van der Waals surface area contributed by atoms with Gasteiger partial charge in [0, 0.05) is 25.2 Å². The van der Waals surface area contributed by atoms with Gasteiger partial charge in [-0.05, 0) is 27.1 Å². The highest BCUT2D eigenvalue weighted by molar-refractivity contribution is 7.89. The van der Waals surface area contributed by atoms with Gasteiger partial charge in [0.2, 0.25) is 5.03 Å². The van der Waals surface area contributed by atoms with Crippen LogP contribution in [0.4, 0.5) is 5.82 Å². The third kappa shape index (κ3) is 3.19. The van der Waals surface area contributed by atoms with E-state index in [1.54, 1.807) is 18.6 Å². The average Bonchev–Trinajstić information content (AvgIpc) is 2.96. The molecule has 0 spiro atoms. The summed E-state index contributed by atoms with van der Waals surface area (Å²) in [7, 11) is 1.82. The van der Waals surface area contributed by atoms with Crippen LogP contribution in [0.25, 0.3) is 4.96 Å². The lowest BCUT2D eigenvalue weighted by Gasteiger charge is -2.18. The number of rotatable bonds is 7. The minimum atomic E-state index is -3.65. The fraction of sp³-hybridized carbons (Fsp3) is 0.545. The molecule has 2 aromatic rings. The van der Waals surface area contributed by atoms with Crippen LogP contribution in [0.1, 0.15) is 6.42 Å². The molecule has 0 radical (unpaired) electrons. The van der Waals surface area contributed by atoms with E-state index in [4.69, 9.17) is 5.84 Å². The largest absolute Gasteiger partial charge is 0.309 e. The Hall–Kier alpha value is -1.20. The number of nitrogens with zero attached hydrogens (tertiary/aromatic N) is 4. The van der Waals surface area contributed by atoms with E-state index in [1.807, 2.05) is 19.0 Å². The van der Waals surface area contributed by atoms with Gasteiger partial charge >= 0.3 is 0 Å². The summed E-state index contributed by atoms with van der Waals surface area (Å²) in [5, 5.41) is 1.86. The van der Waals surface area contributed by atoms with E-state index in [1.165, 1.54) is 20.0 Å². The highest BCUT2D eigenvalue weighted by Crippen LogP contribution is 2.27. The third-order valence-electron chi connectivity index (χ3n) is 3.09. The Morgan fingerprint density at radius 2 is 2.10 bits per heavy atom. The van der Waals surface area contributed by atoms with Crippen LogP contribution in [0.15, 0.2) is 16.6 Å². The highest BCUT2D eigenvalue weighted by atomic mass is 32.2. The summed E-state index contributed by atoms with van der Waals surface area (Å²) in [6.45, 7) is 1.25. The molecular formula is C11H20N6O2S2. The zero-order chi connectivity index (χ0) is 15.6. The molecule has 2 aromatic heterocycles. The van der Waals surface area contributed by atoms with Gasteiger partial charge in [0.1, 0.15) is 0 Å². The van der Waals surface area contributed by atoms with E-state index in [0.717, 1.165) is 13.0 Å². The summed E-state index contributed by atoms with van der Waals surface area (Å²) in [4.78, 5) is 6.78. The maximum Gasteiger partial charge on any atom is 0.262 e. The van der Waals surface area contributed by atoms with Gasteiger partial charge < -0.3 is 10.3 Å². The van der Waals surface area contributed by atoms with E-state index in [-0.39, 0.29) is 10.8 Å². The van der Waals surface area contributed by atoms with Crippen molar-refractivity contribution in [3.8, 4) is 0 Å². The number of thiazole rings is 1. The second kappa shape index (κ2) is 6.28. The Morgan fingerprint density at radius 3 is 2.71 bits per heavy atom. The van der Waals surface area contributed by atoms with E-state index >= 15 is 0 Å². The second-order valence-electron chi connectivity index (χ2n) is 4.95. The molecule has 118 valence electrons. The van der Waals surface area contributed by atoms with Crippen molar-refractivity contribution >= 4 is 32.1 Å². The molecule has 8 nitrogen and oxygen atoms in total. The van der Waals surface area contributed by atoms with Gasteiger partial charge in [0.25, 0.3) is 10.0 Å². The topological polar surface area (TPSA) is 96.0 Å². The van der Waals surface area contributed by atoms with Crippen LogP contribution in [-0.4, -0.2) is 61.2 Å². The number of fused-ring (bicyclic) bond motifs is 1. The van der Waals surface area contributed by atoms with Crippen LogP contribution in [0.5, 0.6) is 0 Å². The first-order chi connectivity index (χ1) is 9.87. The zero-order valence-electron chi connectivity index (χ0n) is 12.3. The van der Waals surface area contributed by atoms with Gasteiger partial charge in [0.15, 0.2) is 10.8 Å². The first-order valence-electron chi connectivity index (χ1n) is 6.41. The third-order valence-corrected chi connectivity index (χ3v) is 5.73. The summed E-state index contributed by atoms with van der Waals surface area (Å²) < 4.78 is 28.3. The second-order valence-corrected chi connectivity index (χ2v) is 7.78. The fourth-order valence-electron chi connectivity index (χ4n) is 1.98. The maximum atomic E-state index is 12.7. The molecule has 21 heavy (non-hydrogen) atoms. The molecule has 2 rings (SSSR count). The molecule has 0 aliphatic rings. The Morgan fingerprint density at radius 1 is 1.38 bits per heavy atom. The zero-order valence-corrected chi connectivity index (χ0v) is 13.9. The summed E-state index contributed by atoms with van der Waals surface area (Å²) in [5.74, 6) is 5.57. The van der Waals surface area contributed by atoms with Gasteiger partial charge in [-0.15, -0.1) is 11.3 Å². The number of sulfonamides is 1. The van der Waals surface area contributed by atoms with Gasteiger partial charge in [-0.1, -0.05) is 0 Å². The molecule has 0 aromatic carbocycles. The predicted molar refractivity (Wildman–Crippen MR) is 83.9 cm³/mol. The number of nitrogens with one attached hydrogen (secondary N) is 1. The van der Waals surface area contributed by atoms with Crippen molar-refractivity contribution in [2.75, 3.05) is 39.7 Å². The van der Waals surface area contributed by atoms with E-state index in [9.17, 15) is 8.42 Å². The number of aromatic nitrogens is 2. The first kappa shape index (κ1) is 16.2. The predicted octanol–water partition coefficient (Wildman–Crippen LogP) is 0.254. The van der Waals surface area contributed by atoms with E-state index < -0.39 is 10.0 Å². The van der Waals surface area contributed by atoms with Gasteiger partial charge in [-0.3, -0.25) is 4.40 Å². The molecule has 10 heteroatoms. The van der Waals surface area contributed by atoms with E-state index in [2.05, 4.69) is 10.4 Å². The normalized spacial score (nSPS) is 12.7. The minimum absolute atomic E-state index is 0.0774. The molecular weight excluding hydrogens is 312 g/mol. The first-order valence-corrected chi connectivity index (χ1v) is 8.73. The quantitative estimate of drug-likeness (QED) is 0.557. The lowest BCUT2D eigenvalue weighted by molar-refractivity contribution is 0.370. The number of imidazole rings is 1. The number of hydrazine groups is 1. The monoisotopic (exact) mass is 332 g/mol. The molecule has 2 heterocycles. The van der Waals surface area contributed by atoms with Gasteiger partial charge in [-0.25, -0.2) is 14.3 Å². The molecule has 0 aliphatic carbocycles. The number of anilines is 1. The number of nitrogens with two attached hydrogens (primary N) is 1. The Balaban J connectivity index is 2.30. The highest BCUT2D eigenvalue weighted by Gasteiger charge is 2.29. The lowest BCUT2D eigenvalue weighted by atomic mass is 10.4. The molecule has 0 amide bonds. The van der Waals surface area contributed by atoms with Crippen molar-refractivity contribution < 1.29 is 8.42 Å². The van der Waals surface area contributed by atoms with Crippen LogP contribution in [0, 0.1) is 0 Å². The Labute approximate surface area is 128 Å². The molecule has 3 N–H and O–H groups in total. The summed E-state index contributed by atoms with van der Waals surface area (Å²) in [6.07, 6.45) is 2.42.